The maximum Gasteiger partial charge on any atom is 0.322 e. The third-order valence-electron chi connectivity index (χ3n) is 4.75. The number of carbonyl (C=O) groups is 3. The minimum atomic E-state index is -1.22. The van der Waals surface area contributed by atoms with Crippen LogP contribution in [0.2, 0.25) is 0 Å². The van der Waals surface area contributed by atoms with Gasteiger partial charge in [0.15, 0.2) is 5.54 Å². The minimum absolute atomic E-state index is 0.112. The van der Waals surface area contributed by atoms with Gasteiger partial charge >= 0.3 is 6.03 Å². The van der Waals surface area contributed by atoms with Crippen LogP contribution in [0.4, 0.5) is 4.79 Å². The van der Waals surface area contributed by atoms with Gasteiger partial charge in [-0.3, -0.25) is 14.9 Å². The maximum absolute atomic E-state index is 12.6. The molecule has 24 heavy (non-hydrogen) atoms. The maximum atomic E-state index is 12.6. The van der Waals surface area contributed by atoms with E-state index in [0.717, 1.165) is 24.0 Å². The number of allylic oxidation sites excluding steroid dienone is 2. The van der Waals surface area contributed by atoms with E-state index in [1.807, 2.05) is 36.4 Å². The van der Waals surface area contributed by atoms with Crippen molar-refractivity contribution in [2.45, 2.75) is 24.9 Å². The SMILES string of the molecule is O=C1NC(=O)C(CN2Cc3ccccc3C2=O)(C2=CCCC=C2)N1. The van der Waals surface area contributed by atoms with Gasteiger partial charge in [-0.15, -0.1) is 0 Å². The Morgan fingerprint density at radius 1 is 1.12 bits per heavy atom. The summed E-state index contributed by atoms with van der Waals surface area (Å²) in [6.45, 7) is 0.561. The highest BCUT2D eigenvalue weighted by atomic mass is 16.2. The van der Waals surface area contributed by atoms with Crippen molar-refractivity contribution in [3.8, 4) is 0 Å². The topological polar surface area (TPSA) is 78.5 Å². The molecule has 0 bridgehead atoms. The lowest BCUT2D eigenvalue weighted by Gasteiger charge is -2.32. The highest BCUT2D eigenvalue weighted by molar-refractivity contribution is 6.10. The highest BCUT2D eigenvalue weighted by Crippen LogP contribution is 2.31. The molecule has 6 nitrogen and oxygen atoms in total. The lowest BCUT2D eigenvalue weighted by molar-refractivity contribution is -0.123. The molecule has 0 saturated carbocycles. The van der Waals surface area contributed by atoms with E-state index >= 15 is 0 Å². The van der Waals surface area contributed by atoms with Gasteiger partial charge < -0.3 is 10.2 Å². The van der Waals surface area contributed by atoms with Crippen molar-refractivity contribution in [2.75, 3.05) is 6.54 Å². The summed E-state index contributed by atoms with van der Waals surface area (Å²) in [6, 6.07) is 6.89. The van der Waals surface area contributed by atoms with Crippen molar-refractivity contribution < 1.29 is 14.4 Å². The molecule has 1 aromatic carbocycles. The third-order valence-corrected chi connectivity index (χ3v) is 4.75. The quantitative estimate of drug-likeness (QED) is 0.828. The largest absolute Gasteiger partial charge is 0.331 e. The van der Waals surface area contributed by atoms with Gasteiger partial charge in [0.1, 0.15) is 0 Å². The van der Waals surface area contributed by atoms with E-state index in [4.69, 9.17) is 0 Å². The molecule has 1 fully saturated rings. The Morgan fingerprint density at radius 2 is 1.96 bits per heavy atom. The number of hydrogen-bond acceptors (Lipinski definition) is 3. The predicted octanol–water partition coefficient (Wildman–Crippen LogP) is 1.50. The molecule has 1 aromatic rings. The van der Waals surface area contributed by atoms with Crippen LogP contribution in [0.15, 0.2) is 48.1 Å². The molecule has 0 radical (unpaired) electrons. The normalized spacial score (nSPS) is 25.4. The highest BCUT2D eigenvalue weighted by Gasteiger charge is 2.51. The van der Waals surface area contributed by atoms with E-state index in [-0.39, 0.29) is 12.5 Å². The first kappa shape index (κ1) is 14.7. The van der Waals surface area contributed by atoms with E-state index in [0.29, 0.717) is 12.1 Å². The summed E-state index contributed by atoms with van der Waals surface area (Å²) < 4.78 is 0. The molecule has 0 aromatic heterocycles. The molecule has 2 aliphatic heterocycles. The molecule has 2 heterocycles. The van der Waals surface area contributed by atoms with Crippen molar-refractivity contribution in [1.82, 2.24) is 15.5 Å². The number of imide groups is 1. The van der Waals surface area contributed by atoms with Crippen molar-refractivity contribution in [2.24, 2.45) is 0 Å². The number of fused-ring (bicyclic) bond motifs is 1. The van der Waals surface area contributed by atoms with Gasteiger partial charge in [0, 0.05) is 12.1 Å². The summed E-state index contributed by atoms with van der Waals surface area (Å²) in [5, 5.41) is 5.06. The van der Waals surface area contributed by atoms with Crippen LogP contribution in [0.3, 0.4) is 0 Å². The van der Waals surface area contributed by atoms with Crippen LogP contribution in [-0.4, -0.2) is 34.8 Å². The Balaban J connectivity index is 1.68. The van der Waals surface area contributed by atoms with Crippen LogP contribution in [-0.2, 0) is 11.3 Å². The van der Waals surface area contributed by atoms with Crippen LogP contribution in [0.1, 0.15) is 28.8 Å². The number of rotatable bonds is 3. The van der Waals surface area contributed by atoms with Gasteiger partial charge in [-0.2, -0.15) is 0 Å². The number of hydrogen-bond donors (Lipinski definition) is 2. The number of nitrogens with zero attached hydrogens (tertiary/aromatic N) is 1. The Morgan fingerprint density at radius 3 is 2.62 bits per heavy atom. The second kappa shape index (κ2) is 5.33. The van der Waals surface area contributed by atoms with Crippen LogP contribution in [0.25, 0.3) is 0 Å². The fraction of sp³-hybridized carbons (Fsp3) is 0.278. The molecule has 2 N–H and O–H groups in total. The molecular weight excluding hydrogens is 306 g/mol. The van der Waals surface area contributed by atoms with Crippen LogP contribution >= 0.6 is 0 Å². The molecule has 122 valence electrons. The van der Waals surface area contributed by atoms with Crippen molar-refractivity contribution in [3.63, 3.8) is 0 Å². The molecule has 1 unspecified atom stereocenters. The van der Waals surface area contributed by atoms with Crippen molar-refractivity contribution in [3.05, 3.63) is 59.2 Å². The Bertz CT molecular complexity index is 811. The third kappa shape index (κ3) is 2.14. The Labute approximate surface area is 139 Å². The number of urea groups is 1. The molecule has 4 rings (SSSR count). The summed E-state index contributed by atoms with van der Waals surface area (Å²) in [6.07, 6.45) is 7.52. The molecule has 1 atom stereocenters. The van der Waals surface area contributed by atoms with Crippen molar-refractivity contribution in [1.29, 1.82) is 0 Å². The van der Waals surface area contributed by atoms with Gasteiger partial charge in [-0.25, -0.2) is 4.79 Å². The molecule has 0 spiro atoms. The van der Waals surface area contributed by atoms with E-state index in [9.17, 15) is 14.4 Å². The second-order valence-corrected chi connectivity index (χ2v) is 6.27. The average Bonchev–Trinajstić information content (AvgIpc) is 3.06. The van der Waals surface area contributed by atoms with Gasteiger partial charge in [-0.05, 0) is 30.0 Å². The number of benzene rings is 1. The zero-order valence-corrected chi connectivity index (χ0v) is 13.0. The monoisotopic (exact) mass is 323 g/mol. The smallest absolute Gasteiger partial charge is 0.322 e. The summed E-state index contributed by atoms with van der Waals surface area (Å²) in [4.78, 5) is 38.6. The molecule has 4 amide bonds. The Hall–Kier alpha value is -2.89. The fourth-order valence-electron chi connectivity index (χ4n) is 3.56. The van der Waals surface area contributed by atoms with Crippen LogP contribution < -0.4 is 10.6 Å². The van der Waals surface area contributed by atoms with E-state index < -0.39 is 17.5 Å². The summed E-state index contributed by atoms with van der Waals surface area (Å²) >= 11 is 0. The van der Waals surface area contributed by atoms with Crippen LogP contribution in [0, 0.1) is 0 Å². The fourth-order valence-corrected chi connectivity index (χ4v) is 3.56. The number of amides is 4. The van der Waals surface area contributed by atoms with Crippen LogP contribution in [0.5, 0.6) is 0 Å². The number of nitrogens with one attached hydrogen (secondary N) is 2. The van der Waals surface area contributed by atoms with E-state index in [2.05, 4.69) is 10.6 Å². The molecular formula is C18H17N3O3. The zero-order valence-electron chi connectivity index (χ0n) is 13.0. The zero-order chi connectivity index (χ0) is 16.7. The summed E-state index contributed by atoms with van der Waals surface area (Å²) in [7, 11) is 0. The van der Waals surface area contributed by atoms with Gasteiger partial charge in [-0.1, -0.05) is 36.4 Å². The first-order valence-electron chi connectivity index (χ1n) is 7.98. The molecule has 6 heteroatoms. The predicted molar refractivity (Wildman–Crippen MR) is 87.0 cm³/mol. The van der Waals surface area contributed by atoms with E-state index in [1.54, 1.807) is 11.0 Å². The van der Waals surface area contributed by atoms with Crippen molar-refractivity contribution >= 4 is 17.8 Å². The molecule has 1 aliphatic carbocycles. The van der Waals surface area contributed by atoms with Gasteiger partial charge in [0.05, 0.1) is 6.54 Å². The number of carbonyl (C=O) groups excluding carboxylic acids is 3. The Kier molecular flexibility index (Phi) is 3.26. The average molecular weight is 323 g/mol. The second-order valence-electron chi connectivity index (χ2n) is 6.27. The van der Waals surface area contributed by atoms with Gasteiger partial charge in [0.25, 0.3) is 11.8 Å². The van der Waals surface area contributed by atoms with E-state index in [1.165, 1.54) is 0 Å². The lowest BCUT2D eigenvalue weighted by Crippen LogP contribution is -2.56. The summed E-state index contributed by atoms with van der Waals surface area (Å²) in [5.74, 6) is -0.520. The summed E-state index contributed by atoms with van der Waals surface area (Å²) in [5.41, 5.74) is 1.12. The minimum Gasteiger partial charge on any atom is -0.331 e. The lowest BCUT2D eigenvalue weighted by atomic mass is 9.85. The first-order chi connectivity index (χ1) is 11.6. The van der Waals surface area contributed by atoms with Gasteiger partial charge in [0.2, 0.25) is 0 Å². The first-order valence-corrected chi connectivity index (χ1v) is 7.98. The molecule has 3 aliphatic rings. The molecule has 1 saturated heterocycles. The standard InChI is InChI=1S/C18H17N3O3/c22-15-14-9-5-4-6-12(14)10-21(15)11-18(13-7-2-1-3-8-13)16(23)19-17(24)20-18/h2,4-9H,1,3,10-11H2,(H2,19,20,23,24).